The zero-order valence-corrected chi connectivity index (χ0v) is 18.8. The van der Waals surface area contributed by atoms with Gasteiger partial charge in [0.05, 0.1) is 18.5 Å². The standard InChI is InChI=1S/C19H22IN5O5/c1-12(26)30-16-15(18(28)29-2)22-19-24(10-9-23-7-5-21-6-8-23)13-3-4-20-11-14(13)25(19)17(16)27/h3-4,11,21H,5-10H2,1-2H3. The number of esters is 2. The SMILES string of the molecule is COC(=O)c1nc2n(CCN3CCNCC3)c3c(n2c(=O)c1OC(C)=O)C=IC=C3. The molecule has 1 N–H and O–H groups in total. The second-order valence-electron chi connectivity index (χ2n) is 6.86. The Morgan fingerprint density at radius 3 is 2.70 bits per heavy atom. The molecule has 0 bridgehead atoms. The Labute approximate surface area is 182 Å². The quantitative estimate of drug-likeness (QED) is 0.435. The summed E-state index contributed by atoms with van der Waals surface area (Å²) in [5.41, 5.74) is 0.692. The monoisotopic (exact) mass is 527 g/mol. The predicted molar refractivity (Wildman–Crippen MR) is 120 cm³/mol. The van der Waals surface area contributed by atoms with Crippen molar-refractivity contribution in [2.45, 2.75) is 13.5 Å². The molecule has 2 aromatic heterocycles. The first-order valence-corrected chi connectivity index (χ1v) is 12.0. The largest absolute Gasteiger partial charge is 0.464 e. The van der Waals surface area contributed by atoms with E-state index in [4.69, 9.17) is 9.47 Å². The number of hydrogen-bond acceptors (Lipinski definition) is 8. The second-order valence-corrected chi connectivity index (χ2v) is 8.92. The van der Waals surface area contributed by atoms with E-state index in [0.29, 0.717) is 12.3 Å². The molecule has 0 aliphatic carbocycles. The molecule has 1 saturated heterocycles. The Bertz CT molecular complexity index is 1130. The van der Waals surface area contributed by atoms with E-state index in [1.165, 1.54) is 18.4 Å². The van der Waals surface area contributed by atoms with Crippen LogP contribution in [0.4, 0.5) is 0 Å². The summed E-state index contributed by atoms with van der Waals surface area (Å²) in [5.74, 6) is -1.61. The number of aromatic nitrogens is 3. The lowest BCUT2D eigenvalue weighted by Gasteiger charge is -2.27. The number of nitrogens with one attached hydrogen (secondary N) is 1. The van der Waals surface area contributed by atoms with Gasteiger partial charge in [0.1, 0.15) is 0 Å². The highest BCUT2D eigenvalue weighted by atomic mass is 127. The molecule has 2 aromatic rings. The number of carbonyl (C=O) groups excluding carboxylic acids is 2. The number of nitrogens with zero attached hydrogens (tertiary/aromatic N) is 4. The van der Waals surface area contributed by atoms with Crippen molar-refractivity contribution < 1.29 is 19.1 Å². The molecule has 0 aromatic carbocycles. The number of rotatable bonds is 5. The van der Waals surface area contributed by atoms with E-state index < -0.39 is 23.2 Å². The average molecular weight is 527 g/mol. The Morgan fingerprint density at radius 1 is 1.23 bits per heavy atom. The van der Waals surface area contributed by atoms with E-state index >= 15 is 0 Å². The van der Waals surface area contributed by atoms with Gasteiger partial charge in [0.25, 0.3) is 0 Å². The first-order valence-electron chi connectivity index (χ1n) is 9.52. The zero-order chi connectivity index (χ0) is 21.3. The van der Waals surface area contributed by atoms with Crippen molar-refractivity contribution in [1.29, 1.82) is 0 Å². The van der Waals surface area contributed by atoms with Crippen LogP contribution in [0.3, 0.4) is 0 Å². The van der Waals surface area contributed by atoms with Gasteiger partial charge in [-0.3, -0.25) is 14.5 Å². The lowest BCUT2D eigenvalue weighted by molar-refractivity contribution is -0.132. The fraction of sp³-hybridized carbons (Fsp3) is 0.421. The van der Waals surface area contributed by atoms with Crippen LogP contribution in [0.15, 0.2) is 8.88 Å². The number of hydrogen-bond donors (Lipinski definition) is 1. The van der Waals surface area contributed by atoms with Gasteiger partial charge < -0.3 is 19.4 Å². The average Bonchev–Trinajstić information content (AvgIpc) is 3.07. The van der Waals surface area contributed by atoms with Crippen LogP contribution in [0.5, 0.6) is 5.75 Å². The summed E-state index contributed by atoms with van der Waals surface area (Å²) in [7, 11) is 1.19. The Kier molecular flexibility index (Phi) is 6.11. The number of piperazine rings is 1. The fourth-order valence-corrected chi connectivity index (χ4v) is 5.29. The number of fused-ring (bicyclic) bond motifs is 3. The first-order chi connectivity index (χ1) is 14.5. The van der Waals surface area contributed by atoms with Crippen LogP contribution in [-0.2, 0) is 16.1 Å². The molecule has 0 spiro atoms. The third-order valence-corrected chi connectivity index (χ3v) is 6.72. The van der Waals surface area contributed by atoms with Gasteiger partial charge in [-0.1, -0.05) is 20.7 Å². The van der Waals surface area contributed by atoms with Gasteiger partial charge in [0.15, 0.2) is 0 Å². The van der Waals surface area contributed by atoms with Crippen molar-refractivity contribution in [1.82, 2.24) is 24.2 Å². The molecule has 10 nitrogen and oxygen atoms in total. The van der Waals surface area contributed by atoms with Gasteiger partial charge in [-0.05, 0) is 14.2 Å². The number of methoxy groups -OCH3 is 1. The van der Waals surface area contributed by atoms with Crippen molar-refractivity contribution in [3.8, 4) is 5.75 Å². The van der Waals surface area contributed by atoms with Crippen LogP contribution >= 0.6 is 20.7 Å². The minimum absolute atomic E-state index is 0.297. The van der Waals surface area contributed by atoms with Crippen LogP contribution < -0.4 is 15.6 Å². The van der Waals surface area contributed by atoms with E-state index in [9.17, 15) is 14.4 Å². The minimum Gasteiger partial charge on any atom is -0.464 e. The van der Waals surface area contributed by atoms with Crippen molar-refractivity contribution in [2.24, 2.45) is 0 Å². The molecule has 0 radical (unpaired) electrons. The van der Waals surface area contributed by atoms with Crippen molar-refractivity contribution in [2.75, 3.05) is 39.8 Å². The highest BCUT2D eigenvalue weighted by Crippen LogP contribution is 2.25. The molecule has 0 saturated carbocycles. The van der Waals surface area contributed by atoms with E-state index in [0.717, 1.165) is 44.1 Å². The molecule has 160 valence electrons. The number of ether oxygens (including phenoxy) is 2. The molecule has 0 unspecified atom stereocenters. The fourth-order valence-electron chi connectivity index (χ4n) is 3.59. The molecule has 4 rings (SSSR count). The number of carbonyl (C=O) groups is 2. The summed E-state index contributed by atoms with van der Waals surface area (Å²) in [6.45, 7) is 6.35. The van der Waals surface area contributed by atoms with Crippen molar-refractivity contribution in [3.63, 3.8) is 0 Å². The summed E-state index contributed by atoms with van der Waals surface area (Å²) >= 11 is -0.347. The van der Waals surface area contributed by atoms with Crippen LogP contribution in [0.2, 0.25) is 0 Å². The molecule has 0 amide bonds. The summed E-state index contributed by atoms with van der Waals surface area (Å²) < 4.78 is 17.4. The number of imidazole rings is 1. The van der Waals surface area contributed by atoms with Gasteiger partial charge in [-0.25, -0.2) is 14.2 Å². The van der Waals surface area contributed by atoms with Crippen LogP contribution in [0.25, 0.3) is 11.9 Å². The smallest absolute Gasteiger partial charge is 0.360 e. The molecule has 11 heteroatoms. The third kappa shape index (κ3) is 3.84. The van der Waals surface area contributed by atoms with Crippen molar-refractivity contribution >= 4 is 48.5 Å². The van der Waals surface area contributed by atoms with Gasteiger partial charge in [-0.15, -0.1) is 0 Å². The molecule has 0 atom stereocenters. The van der Waals surface area contributed by atoms with Crippen LogP contribution in [0, 0.1) is 0 Å². The van der Waals surface area contributed by atoms with Gasteiger partial charge in [0.2, 0.25) is 17.2 Å². The molecular weight excluding hydrogens is 505 g/mol. The topological polar surface area (TPSA) is 107 Å². The summed E-state index contributed by atoms with van der Waals surface area (Å²) in [6.07, 6.45) is 2.00. The maximum atomic E-state index is 13.3. The van der Waals surface area contributed by atoms with E-state index in [1.807, 2.05) is 14.7 Å². The highest BCUT2D eigenvalue weighted by molar-refractivity contribution is 14.2. The van der Waals surface area contributed by atoms with Gasteiger partial charge in [-0.2, -0.15) is 0 Å². The Morgan fingerprint density at radius 2 is 2.00 bits per heavy atom. The lowest BCUT2D eigenvalue weighted by Crippen LogP contribution is -2.44. The maximum absolute atomic E-state index is 13.3. The predicted octanol–water partition coefficient (Wildman–Crippen LogP) is 0.218. The van der Waals surface area contributed by atoms with Gasteiger partial charge in [0, 0.05) is 46.2 Å². The lowest BCUT2D eigenvalue weighted by atomic mass is 10.3. The van der Waals surface area contributed by atoms with Crippen LogP contribution in [-0.4, -0.2) is 74.6 Å². The number of halogens is 1. The summed E-state index contributed by atoms with van der Waals surface area (Å²) in [6, 6.07) is 0. The van der Waals surface area contributed by atoms with E-state index in [1.54, 1.807) is 0 Å². The molecule has 2 aliphatic heterocycles. The van der Waals surface area contributed by atoms with Crippen LogP contribution in [0.1, 0.15) is 28.8 Å². The first kappa shape index (κ1) is 20.9. The molecule has 30 heavy (non-hydrogen) atoms. The summed E-state index contributed by atoms with van der Waals surface area (Å²) in [5, 5.41) is 3.33. The Hall–Kier alpha value is -2.38. The maximum Gasteiger partial charge on any atom is 0.360 e. The molecular formula is C19H22IN5O5. The normalized spacial score (nSPS) is 16.2. The molecule has 4 heterocycles. The summed E-state index contributed by atoms with van der Waals surface area (Å²) in [4.78, 5) is 43.9. The third-order valence-electron chi connectivity index (χ3n) is 4.99. The highest BCUT2D eigenvalue weighted by Gasteiger charge is 2.28. The van der Waals surface area contributed by atoms with E-state index in [2.05, 4.69) is 19.3 Å². The second kappa shape index (κ2) is 8.78. The minimum atomic E-state index is -0.828. The Balaban J connectivity index is 1.88. The molecule has 1 fully saturated rings. The zero-order valence-electron chi connectivity index (χ0n) is 16.7. The van der Waals surface area contributed by atoms with Crippen molar-refractivity contribution in [3.05, 3.63) is 31.5 Å². The van der Waals surface area contributed by atoms with E-state index in [-0.39, 0.29) is 26.4 Å². The molecule has 2 aliphatic rings. The van der Waals surface area contributed by atoms with Gasteiger partial charge >= 0.3 is 17.5 Å².